The first-order valence-electron chi connectivity index (χ1n) is 12.1. The average molecular weight is 424 g/mol. The van der Waals surface area contributed by atoms with Gasteiger partial charge in [0.2, 0.25) is 0 Å². The molecule has 0 aromatic heterocycles. The van der Waals surface area contributed by atoms with Crippen molar-refractivity contribution in [3.05, 3.63) is 0 Å². The van der Waals surface area contributed by atoms with Crippen LogP contribution in [0.1, 0.15) is 111 Å². The van der Waals surface area contributed by atoms with Gasteiger partial charge in [-0.1, -0.05) is 110 Å². The lowest BCUT2D eigenvalue weighted by molar-refractivity contribution is -0.147. The van der Waals surface area contributed by atoms with Gasteiger partial charge >= 0.3 is 12.1 Å². The second kappa shape index (κ2) is 20.6. The van der Waals surface area contributed by atoms with Crippen LogP contribution >= 0.6 is 0 Å². The molecule has 5 heteroatoms. The molecule has 0 spiro atoms. The van der Waals surface area contributed by atoms with E-state index in [0.29, 0.717) is 6.61 Å². The number of terminal acetylenes is 1. The average Bonchev–Trinajstić information content (AvgIpc) is 2.75. The summed E-state index contributed by atoms with van der Waals surface area (Å²) in [5.74, 6) is 1.79. The molecule has 0 saturated heterocycles. The summed E-state index contributed by atoms with van der Waals surface area (Å²) in [7, 11) is 0. The number of nitrogens with one attached hydrogen (secondary N) is 1. The van der Waals surface area contributed by atoms with E-state index in [-0.39, 0.29) is 12.5 Å². The lowest BCUT2D eigenvalue weighted by Gasteiger charge is -2.22. The minimum Gasteiger partial charge on any atom is -0.464 e. The Kier molecular flexibility index (Phi) is 19.4. The first-order chi connectivity index (χ1) is 14.6. The molecule has 2 atom stereocenters. The van der Waals surface area contributed by atoms with Gasteiger partial charge in [-0.2, -0.15) is 0 Å². The molecule has 0 aliphatic heterocycles. The molecule has 5 nitrogen and oxygen atoms in total. The number of esters is 1. The van der Waals surface area contributed by atoms with Gasteiger partial charge in [0, 0.05) is 0 Å². The van der Waals surface area contributed by atoms with Crippen LogP contribution in [0.5, 0.6) is 0 Å². The van der Waals surface area contributed by atoms with Crippen LogP contribution in [0.3, 0.4) is 0 Å². The largest absolute Gasteiger partial charge is 0.464 e. The second-order valence-corrected chi connectivity index (χ2v) is 8.20. The molecule has 0 bridgehead atoms. The number of rotatable bonds is 19. The van der Waals surface area contributed by atoms with Crippen LogP contribution < -0.4 is 5.32 Å². The highest BCUT2D eigenvalue weighted by Crippen LogP contribution is 2.13. The SMILES string of the molecule is C#CCOC(=O)NC(C(=O)OCCCCCCCCCCCCCCC)C(C)CC. The van der Waals surface area contributed by atoms with Crippen LogP contribution in [-0.4, -0.2) is 31.3 Å². The Morgan fingerprint density at radius 2 is 1.33 bits per heavy atom. The lowest BCUT2D eigenvalue weighted by Crippen LogP contribution is -2.46. The number of alkyl carbamates (subject to hydrolysis) is 1. The predicted octanol–water partition coefficient (Wildman–Crippen LogP) is 6.39. The highest BCUT2D eigenvalue weighted by molar-refractivity contribution is 5.81. The fourth-order valence-electron chi connectivity index (χ4n) is 3.33. The number of hydrogen-bond donors (Lipinski definition) is 1. The minimum atomic E-state index is -0.706. The van der Waals surface area contributed by atoms with Crippen molar-refractivity contribution in [1.29, 1.82) is 0 Å². The van der Waals surface area contributed by atoms with Crippen molar-refractivity contribution >= 4 is 12.1 Å². The smallest absolute Gasteiger partial charge is 0.408 e. The van der Waals surface area contributed by atoms with Gasteiger partial charge in [-0.25, -0.2) is 9.59 Å². The Morgan fingerprint density at radius 3 is 1.80 bits per heavy atom. The summed E-state index contributed by atoms with van der Waals surface area (Å²) >= 11 is 0. The van der Waals surface area contributed by atoms with Crippen LogP contribution in [0, 0.1) is 18.3 Å². The van der Waals surface area contributed by atoms with Crippen molar-refractivity contribution in [2.45, 2.75) is 117 Å². The number of amides is 1. The molecule has 30 heavy (non-hydrogen) atoms. The normalized spacial score (nSPS) is 12.6. The maximum atomic E-state index is 12.3. The highest BCUT2D eigenvalue weighted by Gasteiger charge is 2.27. The summed E-state index contributed by atoms with van der Waals surface area (Å²) in [5, 5.41) is 2.57. The van der Waals surface area contributed by atoms with Crippen molar-refractivity contribution in [1.82, 2.24) is 5.32 Å². The quantitative estimate of drug-likeness (QED) is 0.148. The summed E-state index contributed by atoms with van der Waals surface area (Å²) in [4.78, 5) is 24.0. The molecule has 1 N–H and O–H groups in total. The van der Waals surface area contributed by atoms with Gasteiger partial charge < -0.3 is 14.8 Å². The van der Waals surface area contributed by atoms with E-state index in [1.807, 2.05) is 13.8 Å². The Hall–Kier alpha value is -1.70. The zero-order valence-electron chi connectivity index (χ0n) is 19.7. The van der Waals surface area contributed by atoms with Crippen LogP contribution in [0.2, 0.25) is 0 Å². The summed E-state index contributed by atoms with van der Waals surface area (Å²) in [6, 6.07) is -0.706. The van der Waals surface area contributed by atoms with Crippen LogP contribution in [0.15, 0.2) is 0 Å². The van der Waals surface area contributed by atoms with Crippen molar-refractivity contribution < 1.29 is 19.1 Å². The van der Waals surface area contributed by atoms with E-state index in [9.17, 15) is 9.59 Å². The molecule has 0 rings (SSSR count). The molecule has 2 unspecified atom stereocenters. The third kappa shape index (κ3) is 16.1. The number of carbonyl (C=O) groups excluding carboxylic acids is 2. The Labute approximate surface area is 185 Å². The molecule has 0 saturated carbocycles. The van der Waals surface area contributed by atoms with E-state index in [4.69, 9.17) is 15.9 Å². The van der Waals surface area contributed by atoms with Gasteiger partial charge in [-0.15, -0.1) is 6.42 Å². The predicted molar refractivity (Wildman–Crippen MR) is 123 cm³/mol. The van der Waals surface area contributed by atoms with Gasteiger partial charge in [0.15, 0.2) is 6.61 Å². The summed E-state index contributed by atoms with van der Waals surface area (Å²) < 4.78 is 10.2. The fraction of sp³-hybridized carbons (Fsp3) is 0.840. The first kappa shape index (κ1) is 28.3. The fourth-order valence-corrected chi connectivity index (χ4v) is 3.33. The number of hydrogen-bond acceptors (Lipinski definition) is 4. The molecular weight excluding hydrogens is 378 g/mol. The van der Waals surface area contributed by atoms with Gasteiger partial charge in [0.25, 0.3) is 0 Å². The molecular formula is C25H45NO4. The minimum absolute atomic E-state index is 0.0393. The van der Waals surface area contributed by atoms with E-state index in [1.54, 1.807) is 0 Å². The number of carbonyl (C=O) groups is 2. The molecule has 0 aromatic carbocycles. The molecule has 0 aromatic rings. The maximum Gasteiger partial charge on any atom is 0.408 e. The van der Waals surface area contributed by atoms with Crippen LogP contribution in [0.25, 0.3) is 0 Å². The molecule has 0 heterocycles. The Balaban J connectivity index is 3.75. The topological polar surface area (TPSA) is 64.6 Å². The molecule has 174 valence electrons. The van der Waals surface area contributed by atoms with Gasteiger partial charge in [-0.05, 0) is 12.3 Å². The van der Waals surface area contributed by atoms with Crippen molar-refractivity contribution in [2.75, 3.05) is 13.2 Å². The molecule has 0 fully saturated rings. The van der Waals surface area contributed by atoms with E-state index in [2.05, 4.69) is 18.2 Å². The summed E-state index contributed by atoms with van der Waals surface area (Å²) in [5.41, 5.74) is 0. The van der Waals surface area contributed by atoms with Crippen LogP contribution in [0.4, 0.5) is 4.79 Å². The lowest BCUT2D eigenvalue weighted by atomic mass is 9.99. The maximum absolute atomic E-state index is 12.3. The first-order valence-corrected chi connectivity index (χ1v) is 12.1. The Bertz CT molecular complexity index is 472. The van der Waals surface area contributed by atoms with E-state index in [0.717, 1.165) is 19.3 Å². The van der Waals surface area contributed by atoms with Gasteiger partial charge in [-0.3, -0.25) is 0 Å². The van der Waals surface area contributed by atoms with Crippen molar-refractivity contribution in [3.8, 4) is 12.3 Å². The monoisotopic (exact) mass is 423 g/mol. The molecule has 0 aliphatic carbocycles. The summed E-state index contributed by atoms with van der Waals surface area (Å²) in [6.45, 7) is 6.40. The third-order valence-corrected chi connectivity index (χ3v) is 5.52. The highest BCUT2D eigenvalue weighted by atomic mass is 16.6. The molecule has 0 aliphatic rings. The zero-order chi connectivity index (χ0) is 22.5. The van der Waals surface area contributed by atoms with E-state index < -0.39 is 18.1 Å². The van der Waals surface area contributed by atoms with Gasteiger partial charge in [0.1, 0.15) is 6.04 Å². The number of unbranched alkanes of at least 4 members (excludes halogenated alkanes) is 12. The van der Waals surface area contributed by atoms with Crippen LogP contribution in [-0.2, 0) is 14.3 Å². The van der Waals surface area contributed by atoms with E-state index in [1.165, 1.54) is 70.6 Å². The second-order valence-electron chi connectivity index (χ2n) is 8.20. The Morgan fingerprint density at radius 1 is 0.833 bits per heavy atom. The standard InChI is InChI=1S/C25H45NO4/c1-5-8-9-10-11-12-13-14-15-16-17-18-19-21-29-24(27)23(22(4)7-3)26-25(28)30-20-6-2/h2,22-23H,5,7-21H2,1,3-4H3,(H,26,28). The summed E-state index contributed by atoms with van der Waals surface area (Å²) in [6.07, 6.45) is 21.7. The van der Waals surface area contributed by atoms with E-state index >= 15 is 0 Å². The number of ether oxygens (including phenoxy) is 2. The third-order valence-electron chi connectivity index (χ3n) is 5.52. The molecule has 1 amide bonds. The van der Waals surface area contributed by atoms with Crippen molar-refractivity contribution in [3.63, 3.8) is 0 Å². The zero-order valence-corrected chi connectivity index (χ0v) is 19.7. The van der Waals surface area contributed by atoms with Gasteiger partial charge in [0.05, 0.1) is 6.61 Å². The van der Waals surface area contributed by atoms with Crippen molar-refractivity contribution in [2.24, 2.45) is 5.92 Å². The molecule has 0 radical (unpaired) electrons.